The third-order valence-electron chi connectivity index (χ3n) is 7.54. The lowest BCUT2D eigenvalue weighted by Crippen LogP contribution is -2.37. The summed E-state index contributed by atoms with van der Waals surface area (Å²) in [5, 5.41) is 3.27. The molecule has 1 heterocycles. The topological polar surface area (TPSA) is 110 Å². The second-order valence-electron chi connectivity index (χ2n) is 12.1. The molecule has 0 radical (unpaired) electrons. The third kappa shape index (κ3) is 9.29. The maximum absolute atomic E-state index is 13.5. The van der Waals surface area contributed by atoms with E-state index in [1.807, 2.05) is 75.4 Å². The summed E-state index contributed by atoms with van der Waals surface area (Å²) in [6, 6.07) is 17.5. The number of aromatic nitrogens is 2. The number of ether oxygens (including phenoxy) is 2. The molecule has 8 heteroatoms. The second-order valence-corrected chi connectivity index (χ2v) is 12.1. The molecule has 1 saturated carbocycles. The highest BCUT2D eigenvalue weighted by Crippen LogP contribution is 2.32. The number of nitrogens with zero attached hydrogens (tertiary/aromatic N) is 1. The number of carbonyl (C=O) groups excluding carboxylic acids is 3. The standard InChI is InChI=1S/C34H43N3O5/c1-5-41-30(38)20-24-11-15-26(16-12-24)29-22-35-32(36-29)28(19-23-9-7-6-8-10-23)37-33(40)27-17-13-25(14-18-27)21-31(39)42-34(2,3)4/h6-12,15-16,22,25,27-28H,5,13-14,17-21H2,1-4H3,(H,35,36)(H,37,40)/t25?,27?,28-/m0/s1. The summed E-state index contributed by atoms with van der Waals surface area (Å²) in [5.41, 5.74) is 3.27. The number of amides is 1. The Hall–Kier alpha value is -3.94. The molecule has 4 rings (SSSR count). The van der Waals surface area contributed by atoms with E-state index in [1.165, 1.54) is 0 Å². The van der Waals surface area contributed by atoms with E-state index in [4.69, 9.17) is 9.47 Å². The minimum atomic E-state index is -0.485. The van der Waals surface area contributed by atoms with Crippen molar-refractivity contribution in [2.24, 2.45) is 11.8 Å². The normalized spacial score (nSPS) is 17.7. The van der Waals surface area contributed by atoms with E-state index in [0.29, 0.717) is 25.3 Å². The number of benzene rings is 2. The molecule has 1 atom stereocenters. The highest BCUT2D eigenvalue weighted by Gasteiger charge is 2.30. The summed E-state index contributed by atoms with van der Waals surface area (Å²) in [5.74, 6) is 0.454. The zero-order valence-corrected chi connectivity index (χ0v) is 25.2. The number of carbonyl (C=O) groups is 3. The largest absolute Gasteiger partial charge is 0.466 e. The van der Waals surface area contributed by atoms with Crippen molar-refractivity contribution in [3.8, 4) is 11.3 Å². The highest BCUT2D eigenvalue weighted by molar-refractivity contribution is 5.79. The van der Waals surface area contributed by atoms with Crippen LogP contribution >= 0.6 is 0 Å². The zero-order valence-electron chi connectivity index (χ0n) is 25.2. The number of esters is 2. The molecule has 2 N–H and O–H groups in total. The van der Waals surface area contributed by atoms with Gasteiger partial charge in [0.1, 0.15) is 11.4 Å². The molecule has 1 aromatic heterocycles. The fraction of sp³-hybridized carbons (Fsp3) is 0.471. The van der Waals surface area contributed by atoms with Crippen LogP contribution in [0.25, 0.3) is 11.3 Å². The maximum atomic E-state index is 13.5. The second kappa shape index (κ2) is 14.3. The van der Waals surface area contributed by atoms with Crippen molar-refractivity contribution in [1.29, 1.82) is 0 Å². The number of hydrogen-bond donors (Lipinski definition) is 2. The molecule has 1 aliphatic carbocycles. The minimum absolute atomic E-state index is 0.0212. The molecular weight excluding hydrogens is 530 g/mol. The summed E-state index contributed by atoms with van der Waals surface area (Å²) in [7, 11) is 0. The van der Waals surface area contributed by atoms with E-state index < -0.39 is 5.60 Å². The molecule has 2 aromatic carbocycles. The summed E-state index contributed by atoms with van der Waals surface area (Å²) in [4.78, 5) is 45.6. The van der Waals surface area contributed by atoms with Gasteiger partial charge >= 0.3 is 11.9 Å². The average molecular weight is 574 g/mol. The van der Waals surface area contributed by atoms with E-state index in [2.05, 4.69) is 15.3 Å². The Labute approximate surface area is 248 Å². The summed E-state index contributed by atoms with van der Waals surface area (Å²) in [6.07, 6.45) is 6.18. The van der Waals surface area contributed by atoms with Crippen LogP contribution in [0.3, 0.4) is 0 Å². The van der Waals surface area contributed by atoms with Gasteiger partial charge in [-0.3, -0.25) is 14.4 Å². The maximum Gasteiger partial charge on any atom is 0.310 e. The highest BCUT2D eigenvalue weighted by atomic mass is 16.6. The van der Waals surface area contributed by atoms with Crippen LogP contribution in [0.1, 0.15) is 82.8 Å². The van der Waals surface area contributed by atoms with Crippen molar-refractivity contribution in [3.05, 3.63) is 77.7 Å². The van der Waals surface area contributed by atoms with Gasteiger partial charge in [-0.1, -0.05) is 54.6 Å². The monoisotopic (exact) mass is 573 g/mol. The van der Waals surface area contributed by atoms with Crippen molar-refractivity contribution >= 4 is 17.8 Å². The Balaban J connectivity index is 1.40. The van der Waals surface area contributed by atoms with Gasteiger partial charge < -0.3 is 19.8 Å². The first-order chi connectivity index (χ1) is 20.1. The Kier molecular flexibility index (Phi) is 10.6. The van der Waals surface area contributed by atoms with Crippen molar-refractivity contribution in [3.63, 3.8) is 0 Å². The Morgan fingerprint density at radius 1 is 0.952 bits per heavy atom. The van der Waals surface area contributed by atoms with E-state index in [-0.39, 0.29) is 42.1 Å². The SMILES string of the molecule is CCOC(=O)Cc1ccc(-c2cnc([C@H](Cc3ccccc3)NC(=O)C3CCC(CC(=O)OC(C)(C)C)CC3)[nH]2)cc1. The molecule has 0 spiro atoms. The molecule has 42 heavy (non-hydrogen) atoms. The Morgan fingerprint density at radius 3 is 2.29 bits per heavy atom. The van der Waals surface area contributed by atoms with Gasteiger partial charge in [-0.05, 0) is 82.4 Å². The van der Waals surface area contributed by atoms with Crippen LogP contribution in [0.5, 0.6) is 0 Å². The molecule has 0 bridgehead atoms. The van der Waals surface area contributed by atoms with Gasteiger partial charge in [0.2, 0.25) is 5.91 Å². The van der Waals surface area contributed by atoms with Crippen LogP contribution in [0.4, 0.5) is 0 Å². The molecule has 0 aliphatic heterocycles. The predicted octanol–water partition coefficient (Wildman–Crippen LogP) is 6.12. The zero-order chi connectivity index (χ0) is 30.1. The number of rotatable bonds is 11. The van der Waals surface area contributed by atoms with Crippen molar-refractivity contribution in [1.82, 2.24) is 15.3 Å². The van der Waals surface area contributed by atoms with E-state index in [0.717, 1.165) is 48.1 Å². The average Bonchev–Trinajstić information content (AvgIpc) is 3.43. The van der Waals surface area contributed by atoms with Gasteiger partial charge in [0, 0.05) is 12.3 Å². The third-order valence-corrected chi connectivity index (χ3v) is 7.54. The first-order valence-corrected chi connectivity index (χ1v) is 15.0. The number of nitrogens with one attached hydrogen (secondary N) is 2. The molecular formula is C34H43N3O5. The van der Waals surface area contributed by atoms with Crippen LogP contribution in [0.15, 0.2) is 60.8 Å². The van der Waals surface area contributed by atoms with Gasteiger partial charge in [0.15, 0.2) is 0 Å². The molecule has 0 unspecified atom stereocenters. The predicted molar refractivity (Wildman–Crippen MR) is 161 cm³/mol. The molecule has 1 amide bonds. The van der Waals surface area contributed by atoms with Crippen LogP contribution in [-0.4, -0.2) is 40.0 Å². The van der Waals surface area contributed by atoms with Gasteiger partial charge in [-0.2, -0.15) is 0 Å². The quantitative estimate of drug-likeness (QED) is 0.268. The molecule has 3 aromatic rings. The van der Waals surface area contributed by atoms with Gasteiger partial charge in [0.25, 0.3) is 0 Å². The Morgan fingerprint density at radius 2 is 1.64 bits per heavy atom. The fourth-order valence-corrected chi connectivity index (χ4v) is 5.44. The lowest BCUT2D eigenvalue weighted by molar-refractivity contribution is -0.156. The van der Waals surface area contributed by atoms with Crippen LogP contribution in [-0.2, 0) is 36.7 Å². The van der Waals surface area contributed by atoms with Gasteiger partial charge in [-0.25, -0.2) is 4.98 Å². The van der Waals surface area contributed by atoms with Crippen LogP contribution < -0.4 is 5.32 Å². The smallest absolute Gasteiger partial charge is 0.310 e. The molecule has 1 fully saturated rings. The number of H-pyrrole nitrogens is 1. The van der Waals surface area contributed by atoms with Gasteiger partial charge in [-0.15, -0.1) is 0 Å². The van der Waals surface area contributed by atoms with Gasteiger partial charge in [0.05, 0.1) is 31.0 Å². The first-order valence-electron chi connectivity index (χ1n) is 15.0. The summed E-state index contributed by atoms with van der Waals surface area (Å²) < 4.78 is 10.5. The van der Waals surface area contributed by atoms with Crippen LogP contribution in [0.2, 0.25) is 0 Å². The van der Waals surface area contributed by atoms with E-state index >= 15 is 0 Å². The fourth-order valence-electron chi connectivity index (χ4n) is 5.44. The van der Waals surface area contributed by atoms with E-state index in [1.54, 1.807) is 13.1 Å². The summed E-state index contributed by atoms with van der Waals surface area (Å²) >= 11 is 0. The van der Waals surface area contributed by atoms with E-state index in [9.17, 15) is 14.4 Å². The minimum Gasteiger partial charge on any atom is -0.466 e. The van der Waals surface area contributed by atoms with Crippen molar-refractivity contribution in [2.45, 2.75) is 84.3 Å². The number of aromatic amines is 1. The first kappa shape index (κ1) is 31.0. The lowest BCUT2D eigenvalue weighted by atomic mass is 9.80. The Bertz CT molecular complexity index is 1320. The van der Waals surface area contributed by atoms with Crippen molar-refractivity contribution in [2.75, 3.05) is 6.61 Å². The molecule has 224 valence electrons. The van der Waals surface area contributed by atoms with Crippen molar-refractivity contribution < 1.29 is 23.9 Å². The number of hydrogen-bond acceptors (Lipinski definition) is 6. The van der Waals surface area contributed by atoms with Crippen LogP contribution in [0, 0.1) is 11.8 Å². The molecule has 0 saturated heterocycles. The number of imidazole rings is 1. The lowest BCUT2D eigenvalue weighted by Gasteiger charge is -2.29. The molecule has 8 nitrogen and oxygen atoms in total. The molecule has 1 aliphatic rings. The summed E-state index contributed by atoms with van der Waals surface area (Å²) in [6.45, 7) is 7.80.